The number of hydrogen-bond acceptors (Lipinski definition) is 1. The van der Waals surface area contributed by atoms with Crippen molar-refractivity contribution in [3.8, 4) is 44.8 Å². The minimum atomic E-state index is -2.86. The number of nitrogens with zero attached hydrogens (tertiary/aromatic N) is 2. The molecule has 0 saturated carbocycles. The number of aryl methyl sites for hydroxylation is 1. The lowest BCUT2D eigenvalue weighted by Crippen LogP contribution is -2.74. The van der Waals surface area contributed by atoms with Crippen LogP contribution in [-0.4, -0.2) is 17.6 Å². The van der Waals surface area contributed by atoms with Gasteiger partial charge in [-0.1, -0.05) is 243 Å². The van der Waals surface area contributed by atoms with E-state index in [1.807, 2.05) is 0 Å². The molecule has 12 rings (SSSR count). The van der Waals surface area contributed by atoms with Crippen LogP contribution in [0.25, 0.3) is 88.1 Å². The van der Waals surface area contributed by atoms with E-state index in [4.69, 9.17) is 4.98 Å². The molecule has 0 aliphatic carbocycles. The van der Waals surface area contributed by atoms with Crippen molar-refractivity contribution in [3.63, 3.8) is 0 Å². The maximum Gasteiger partial charge on any atom is 0.179 e. The summed E-state index contributed by atoms with van der Waals surface area (Å²) in [6.45, 7) is 3.04. The molecule has 0 spiro atoms. The minimum absolute atomic E-state index is 0.828. The summed E-state index contributed by atoms with van der Waals surface area (Å²) in [4.78, 5) is 5.15. The highest BCUT2D eigenvalue weighted by atomic mass is 28.3. The van der Waals surface area contributed by atoms with Crippen LogP contribution in [0.3, 0.4) is 0 Å². The Kier molecular flexibility index (Phi) is 9.85. The molecule has 0 amide bonds. The van der Waals surface area contributed by atoms with Crippen molar-refractivity contribution in [1.82, 2.24) is 9.55 Å². The van der Waals surface area contributed by atoms with Crippen molar-refractivity contribution in [2.75, 3.05) is 0 Å². The Morgan fingerprint density at radius 2 is 0.848 bits per heavy atom. The van der Waals surface area contributed by atoms with Crippen molar-refractivity contribution in [3.05, 3.63) is 249 Å². The molecule has 0 fully saturated rings. The zero-order valence-electron chi connectivity index (χ0n) is 36.8. The molecule has 0 saturated heterocycles. The zero-order valence-corrected chi connectivity index (χ0v) is 37.8. The monoisotopic (exact) mass is 858 g/mol. The summed E-state index contributed by atoms with van der Waals surface area (Å²) in [5.74, 6) is 1.00. The van der Waals surface area contributed by atoms with Crippen LogP contribution in [-0.2, 0) is 6.54 Å². The SMILES string of the molecule is CCn1c(-c2ccccc2)nc2cccc(-c3ccc(-c4c5ccccc5c(-c5cccc([Si](c6ccccc6)(c6ccccc6)c6ccc7ccccc7c6)c5)c5ccccc45)cc3)c21. The van der Waals surface area contributed by atoms with Crippen molar-refractivity contribution >= 4 is 72.2 Å². The van der Waals surface area contributed by atoms with E-state index in [2.05, 4.69) is 260 Å². The van der Waals surface area contributed by atoms with Gasteiger partial charge in [0, 0.05) is 17.7 Å². The predicted octanol–water partition coefficient (Wildman–Crippen LogP) is 13.6. The third-order valence-corrected chi connectivity index (χ3v) is 18.5. The van der Waals surface area contributed by atoms with E-state index < -0.39 is 8.07 Å². The molecule has 0 unspecified atom stereocenters. The lowest BCUT2D eigenvalue weighted by molar-refractivity contribution is 0.797. The van der Waals surface area contributed by atoms with Gasteiger partial charge in [-0.25, -0.2) is 4.98 Å². The van der Waals surface area contributed by atoms with Gasteiger partial charge in [-0.15, -0.1) is 0 Å². The van der Waals surface area contributed by atoms with Crippen molar-refractivity contribution in [1.29, 1.82) is 0 Å². The van der Waals surface area contributed by atoms with Gasteiger partial charge in [0.2, 0.25) is 0 Å². The van der Waals surface area contributed by atoms with E-state index in [1.54, 1.807) is 0 Å². The van der Waals surface area contributed by atoms with Gasteiger partial charge in [0.1, 0.15) is 5.82 Å². The number of para-hydroxylation sites is 1. The fraction of sp³-hybridized carbons (Fsp3) is 0.0317. The van der Waals surface area contributed by atoms with Crippen LogP contribution >= 0.6 is 0 Å². The number of imidazole rings is 1. The Bertz CT molecular complexity index is 3630. The van der Waals surface area contributed by atoms with Crippen LogP contribution in [0.4, 0.5) is 0 Å². The second kappa shape index (κ2) is 16.5. The molecule has 0 bridgehead atoms. The standard InChI is InChI=1S/C63H46N2Si/c1-2-65-62-54(34-19-35-59(62)64-63(65)47-21-6-3-7-22-47)45-36-38-46(39-37-45)60-55-30-14-16-32-57(55)61(58-33-17-15-31-56(58)60)49-24-18-29-52(43-49)66(50-25-8-4-9-26-50,51-27-10-5-11-28-51)53-41-40-44-20-12-13-23-48(44)42-53/h3-43H,2H2,1H3. The summed E-state index contributed by atoms with van der Waals surface area (Å²) < 4.78 is 2.36. The number of hydrogen-bond donors (Lipinski definition) is 0. The lowest BCUT2D eigenvalue weighted by Gasteiger charge is -2.35. The lowest BCUT2D eigenvalue weighted by atomic mass is 9.85. The summed E-state index contributed by atoms with van der Waals surface area (Å²) in [6.07, 6.45) is 0. The van der Waals surface area contributed by atoms with Crippen LogP contribution in [0.2, 0.25) is 0 Å². The Morgan fingerprint density at radius 1 is 0.364 bits per heavy atom. The van der Waals surface area contributed by atoms with Crippen LogP contribution in [0, 0.1) is 0 Å². The summed E-state index contributed by atoms with van der Waals surface area (Å²) >= 11 is 0. The van der Waals surface area contributed by atoms with Crippen molar-refractivity contribution in [2.45, 2.75) is 13.5 Å². The van der Waals surface area contributed by atoms with Crippen molar-refractivity contribution in [2.24, 2.45) is 0 Å². The van der Waals surface area contributed by atoms with Gasteiger partial charge in [0.15, 0.2) is 8.07 Å². The van der Waals surface area contributed by atoms with E-state index in [9.17, 15) is 0 Å². The Balaban J connectivity index is 1.04. The van der Waals surface area contributed by atoms with E-state index >= 15 is 0 Å². The van der Waals surface area contributed by atoms with Crippen LogP contribution < -0.4 is 20.7 Å². The molecule has 11 aromatic carbocycles. The van der Waals surface area contributed by atoms with Gasteiger partial charge in [0.05, 0.1) is 11.0 Å². The topological polar surface area (TPSA) is 17.8 Å². The van der Waals surface area contributed by atoms with Crippen LogP contribution in [0.5, 0.6) is 0 Å². The van der Waals surface area contributed by atoms with Gasteiger partial charge in [-0.3, -0.25) is 0 Å². The first-order valence-electron chi connectivity index (χ1n) is 23.0. The molecule has 0 atom stereocenters. The first-order valence-corrected chi connectivity index (χ1v) is 25.0. The van der Waals surface area contributed by atoms with Crippen molar-refractivity contribution < 1.29 is 0 Å². The summed E-state index contributed by atoms with van der Waals surface area (Å²) in [7, 11) is -2.86. The molecule has 0 N–H and O–H groups in total. The number of fused-ring (bicyclic) bond motifs is 4. The maximum atomic E-state index is 5.15. The highest BCUT2D eigenvalue weighted by Gasteiger charge is 2.41. The molecule has 3 heteroatoms. The number of rotatable bonds is 9. The van der Waals surface area contributed by atoms with E-state index in [0.717, 1.165) is 23.4 Å². The second-order valence-electron chi connectivity index (χ2n) is 17.3. The van der Waals surface area contributed by atoms with E-state index in [-0.39, 0.29) is 0 Å². The quantitative estimate of drug-likeness (QED) is 0.0803. The number of aromatic nitrogens is 2. The normalized spacial score (nSPS) is 11.8. The Morgan fingerprint density at radius 3 is 1.47 bits per heavy atom. The van der Waals surface area contributed by atoms with Crippen LogP contribution in [0.1, 0.15) is 6.92 Å². The van der Waals surface area contributed by atoms with Gasteiger partial charge < -0.3 is 4.57 Å². The van der Waals surface area contributed by atoms with E-state index in [1.165, 1.54) is 92.0 Å². The van der Waals surface area contributed by atoms with Crippen LogP contribution in [0.15, 0.2) is 249 Å². The summed E-state index contributed by atoms with van der Waals surface area (Å²) in [5, 5.41) is 13.0. The molecule has 0 aliphatic rings. The average molecular weight is 859 g/mol. The fourth-order valence-electron chi connectivity index (χ4n) is 10.8. The molecular formula is C63H46N2Si. The predicted molar refractivity (Wildman–Crippen MR) is 283 cm³/mol. The molecule has 312 valence electrons. The average Bonchev–Trinajstić information content (AvgIpc) is 3.78. The zero-order chi connectivity index (χ0) is 44.0. The fourth-order valence-corrected chi connectivity index (χ4v) is 15.6. The molecule has 2 nitrogen and oxygen atoms in total. The third kappa shape index (κ3) is 6.42. The molecule has 0 aliphatic heterocycles. The van der Waals surface area contributed by atoms with E-state index in [0.29, 0.717) is 0 Å². The Hall–Kier alpha value is -8.11. The summed E-state index contributed by atoms with van der Waals surface area (Å²) in [5.41, 5.74) is 10.6. The van der Waals surface area contributed by atoms with Gasteiger partial charge in [0.25, 0.3) is 0 Å². The molecule has 0 radical (unpaired) electrons. The first-order chi connectivity index (χ1) is 32.7. The van der Waals surface area contributed by atoms with Gasteiger partial charge >= 0.3 is 0 Å². The highest BCUT2D eigenvalue weighted by Crippen LogP contribution is 2.44. The molecule has 1 aromatic heterocycles. The maximum absolute atomic E-state index is 5.15. The Labute approximate surface area is 386 Å². The minimum Gasteiger partial charge on any atom is -0.324 e. The molecule has 12 aromatic rings. The molecule has 1 heterocycles. The van der Waals surface area contributed by atoms with Gasteiger partial charge in [-0.2, -0.15) is 0 Å². The second-order valence-corrected chi connectivity index (χ2v) is 21.1. The smallest absolute Gasteiger partial charge is 0.179 e. The molecular weight excluding hydrogens is 813 g/mol. The summed E-state index contributed by atoms with van der Waals surface area (Å²) in [6, 6.07) is 92.3. The first kappa shape index (κ1) is 39.5. The van der Waals surface area contributed by atoms with Gasteiger partial charge in [-0.05, 0) is 93.9 Å². The molecule has 66 heavy (non-hydrogen) atoms. The number of benzene rings is 11. The highest BCUT2D eigenvalue weighted by molar-refractivity contribution is 7.20. The third-order valence-electron chi connectivity index (χ3n) is 13.7. The largest absolute Gasteiger partial charge is 0.324 e.